The van der Waals surface area contributed by atoms with Crippen molar-refractivity contribution < 1.29 is 14.7 Å². The third-order valence-corrected chi connectivity index (χ3v) is 6.12. The number of phenols is 1. The van der Waals surface area contributed by atoms with Crippen molar-refractivity contribution in [2.45, 2.75) is 66.2 Å². The van der Waals surface area contributed by atoms with E-state index in [1.807, 2.05) is 45.0 Å². The zero-order valence-electron chi connectivity index (χ0n) is 20.1. The maximum absolute atomic E-state index is 13.0. The van der Waals surface area contributed by atoms with Crippen molar-refractivity contribution in [3.63, 3.8) is 0 Å². The SMILES string of the molecule is CCCCCCCc1c(C)c(O)c(NC(=O)N(CC(C)C)C(N)=O)c2c1[nH]c1ccccc12. The molecule has 0 atom stereocenters. The monoisotopic (exact) mass is 452 g/mol. The number of aryl methyl sites for hydroxylation is 1. The predicted molar refractivity (Wildman–Crippen MR) is 135 cm³/mol. The highest BCUT2D eigenvalue weighted by Crippen LogP contribution is 2.43. The maximum Gasteiger partial charge on any atom is 0.330 e. The molecule has 0 aliphatic rings. The number of aromatic nitrogens is 1. The molecule has 1 aromatic heterocycles. The van der Waals surface area contributed by atoms with Gasteiger partial charge in [-0.1, -0.05) is 64.7 Å². The van der Waals surface area contributed by atoms with Gasteiger partial charge >= 0.3 is 12.1 Å². The number of aromatic hydroxyl groups is 1. The van der Waals surface area contributed by atoms with Crippen LogP contribution in [0.25, 0.3) is 21.8 Å². The zero-order chi connectivity index (χ0) is 24.1. The number of nitrogens with one attached hydrogen (secondary N) is 2. The van der Waals surface area contributed by atoms with E-state index in [-0.39, 0.29) is 18.2 Å². The Labute approximate surface area is 195 Å². The predicted octanol–water partition coefficient (Wildman–Crippen LogP) is 6.42. The Kier molecular flexibility index (Phi) is 7.84. The summed E-state index contributed by atoms with van der Waals surface area (Å²) < 4.78 is 0. The number of para-hydroxylation sites is 1. The number of hydrogen-bond acceptors (Lipinski definition) is 3. The van der Waals surface area contributed by atoms with Crippen LogP contribution in [0.3, 0.4) is 0 Å². The summed E-state index contributed by atoms with van der Waals surface area (Å²) in [6.45, 7) is 8.06. The van der Waals surface area contributed by atoms with E-state index in [1.54, 1.807) is 0 Å². The molecule has 3 rings (SSSR count). The van der Waals surface area contributed by atoms with Crippen LogP contribution >= 0.6 is 0 Å². The van der Waals surface area contributed by atoms with Crippen LogP contribution < -0.4 is 11.1 Å². The Morgan fingerprint density at radius 2 is 1.85 bits per heavy atom. The van der Waals surface area contributed by atoms with Crippen LogP contribution in [0.15, 0.2) is 24.3 Å². The molecule has 3 aromatic rings. The lowest BCUT2D eigenvalue weighted by Gasteiger charge is -2.22. The molecule has 0 aliphatic heterocycles. The number of imide groups is 1. The average molecular weight is 453 g/mol. The third-order valence-electron chi connectivity index (χ3n) is 6.12. The summed E-state index contributed by atoms with van der Waals surface area (Å²) in [7, 11) is 0. The molecule has 0 aliphatic carbocycles. The van der Waals surface area contributed by atoms with Crippen molar-refractivity contribution in [3.8, 4) is 5.75 Å². The lowest BCUT2D eigenvalue weighted by molar-refractivity contribution is 0.194. The molecular formula is C26H36N4O3. The molecule has 1 heterocycles. The molecule has 7 nitrogen and oxygen atoms in total. The summed E-state index contributed by atoms with van der Waals surface area (Å²) in [6.07, 6.45) is 6.62. The quantitative estimate of drug-likeness (QED) is 0.222. The molecule has 0 spiro atoms. The first-order valence-electron chi connectivity index (χ1n) is 11.9. The minimum atomic E-state index is -0.823. The van der Waals surface area contributed by atoms with Crippen molar-refractivity contribution in [1.82, 2.24) is 9.88 Å². The second-order valence-corrected chi connectivity index (χ2v) is 9.18. The summed E-state index contributed by atoms with van der Waals surface area (Å²) in [5, 5.41) is 15.6. The lowest BCUT2D eigenvalue weighted by Crippen LogP contribution is -2.45. The van der Waals surface area contributed by atoms with E-state index in [1.165, 1.54) is 19.3 Å². The molecule has 0 saturated heterocycles. The number of hydrogen-bond donors (Lipinski definition) is 4. The second kappa shape index (κ2) is 10.6. The van der Waals surface area contributed by atoms with Crippen molar-refractivity contribution in [1.29, 1.82) is 0 Å². The van der Waals surface area contributed by atoms with Gasteiger partial charge in [0.1, 0.15) is 5.75 Å². The number of anilines is 1. The van der Waals surface area contributed by atoms with Crippen molar-refractivity contribution in [3.05, 3.63) is 35.4 Å². The van der Waals surface area contributed by atoms with Gasteiger partial charge in [0.15, 0.2) is 0 Å². The number of carbonyl (C=O) groups excluding carboxylic acids is 2. The molecule has 2 aromatic carbocycles. The van der Waals surface area contributed by atoms with E-state index in [2.05, 4.69) is 17.2 Å². The molecule has 5 N–H and O–H groups in total. The molecule has 0 radical (unpaired) electrons. The lowest BCUT2D eigenvalue weighted by atomic mass is 9.96. The number of urea groups is 2. The number of nitrogens with zero attached hydrogens (tertiary/aromatic N) is 1. The van der Waals surface area contributed by atoms with E-state index >= 15 is 0 Å². The maximum atomic E-state index is 13.0. The second-order valence-electron chi connectivity index (χ2n) is 9.18. The van der Waals surface area contributed by atoms with Gasteiger partial charge in [-0.05, 0) is 42.9 Å². The van der Waals surface area contributed by atoms with Crippen molar-refractivity contribution in [2.24, 2.45) is 11.7 Å². The smallest absolute Gasteiger partial charge is 0.330 e. The molecule has 0 bridgehead atoms. The summed E-state index contributed by atoms with van der Waals surface area (Å²) in [6, 6.07) is 6.35. The summed E-state index contributed by atoms with van der Waals surface area (Å²) in [5.74, 6) is 0.0832. The molecule has 0 unspecified atom stereocenters. The van der Waals surface area contributed by atoms with Crippen LogP contribution in [-0.4, -0.2) is 33.6 Å². The zero-order valence-corrected chi connectivity index (χ0v) is 20.1. The van der Waals surface area contributed by atoms with Gasteiger partial charge in [0, 0.05) is 22.8 Å². The van der Waals surface area contributed by atoms with Crippen LogP contribution in [0.2, 0.25) is 0 Å². The van der Waals surface area contributed by atoms with Crippen LogP contribution in [0.4, 0.5) is 15.3 Å². The van der Waals surface area contributed by atoms with Crippen LogP contribution in [0.5, 0.6) is 5.75 Å². The number of amides is 4. The first-order chi connectivity index (χ1) is 15.8. The summed E-state index contributed by atoms with van der Waals surface area (Å²) >= 11 is 0. The van der Waals surface area contributed by atoms with Gasteiger partial charge in [-0.25, -0.2) is 14.5 Å². The fraction of sp³-hybridized carbons (Fsp3) is 0.462. The number of unbranched alkanes of at least 4 members (excludes halogenated alkanes) is 4. The van der Waals surface area contributed by atoms with Gasteiger partial charge in [0.2, 0.25) is 0 Å². The molecule has 0 saturated carbocycles. The number of carbonyl (C=O) groups is 2. The van der Waals surface area contributed by atoms with E-state index in [0.717, 1.165) is 57.1 Å². The number of primary amides is 1. The van der Waals surface area contributed by atoms with Crippen LogP contribution in [-0.2, 0) is 6.42 Å². The number of fused-ring (bicyclic) bond motifs is 3. The Morgan fingerprint density at radius 1 is 1.15 bits per heavy atom. The number of nitrogens with two attached hydrogens (primary N) is 1. The molecule has 178 valence electrons. The van der Waals surface area contributed by atoms with Gasteiger partial charge in [-0.2, -0.15) is 0 Å². The average Bonchev–Trinajstić information content (AvgIpc) is 3.15. The minimum absolute atomic E-state index is 0.0260. The minimum Gasteiger partial charge on any atom is -0.505 e. The van der Waals surface area contributed by atoms with Gasteiger partial charge in [-0.15, -0.1) is 0 Å². The number of benzene rings is 2. The molecule has 4 amide bonds. The summed E-state index contributed by atoms with van der Waals surface area (Å²) in [5.41, 5.74) is 9.39. The van der Waals surface area contributed by atoms with E-state index < -0.39 is 12.1 Å². The van der Waals surface area contributed by atoms with Crippen LogP contribution in [0.1, 0.15) is 64.0 Å². The number of phenolic OH excluding ortho intramolecular Hbond substituents is 1. The van der Waals surface area contributed by atoms with Gasteiger partial charge in [-0.3, -0.25) is 0 Å². The Balaban J connectivity index is 2.08. The standard InChI is InChI=1S/C26H36N4O3/c1-5-6-7-8-9-12-18-17(4)24(31)23(29-26(33)30(25(27)32)15-16(2)3)21-19-13-10-11-14-20(19)28-22(18)21/h10-11,13-14,16,28,31H,5-9,12,15H2,1-4H3,(H2,27,32)(H,29,33). The molecular weight excluding hydrogens is 416 g/mol. The topological polar surface area (TPSA) is 111 Å². The van der Waals surface area contributed by atoms with Gasteiger partial charge in [0.25, 0.3) is 0 Å². The first-order valence-corrected chi connectivity index (χ1v) is 11.9. The van der Waals surface area contributed by atoms with Crippen LogP contribution in [0, 0.1) is 12.8 Å². The fourth-order valence-corrected chi connectivity index (χ4v) is 4.42. The van der Waals surface area contributed by atoms with Gasteiger partial charge in [0.05, 0.1) is 11.2 Å². The normalized spacial score (nSPS) is 11.4. The van der Waals surface area contributed by atoms with Gasteiger partial charge < -0.3 is 21.1 Å². The molecule has 33 heavy (non-hydrogen) atoms. The molecule has 7 heteroatoms. The third kappa shape index (κ3) is 5.24. The highest BCUT2D eigenvalue weighted by Gasteiger charge is 2.25. The highest BCUT2D eigenvalue weighted by atomic mass is 16.3. The van der Waals surface area contributed by atoms with E-state index in [9.17, 15) is 14.7 Å². The number of rotatable bonds is 9. The highest BCUT2D eigenvalue weighted by molar-refractivity contribution is 6.19. The Morgan fingerprint density at radius 3 is 2.52 bits per heavy atom. The van der Waals surface area contributed by atoms with Crippen molar-refractivity contribution >= 4 is 39.6 Å². The first kappa shape index (κ1) is 24.4. The Bertz CT molecular complexity index is 1150. The largest absolute Gasteiger partial charge is 0.505 e. The van der Waals surface area contributed by atoms with Crippen molar-refractivity contribution in [2.75, 3.05) is 11.9 Å². The number of aromatic amines is 1. The van der Waals surface area contributed by atoms with E-state index in [4.69, 9.17) is 5.73 Å². The fourth-order valence-electron chi connectivity index (χ4n) is 4.42. The Hall–Kier alpha value is -3.22. The molecule has 0 fully saturated rings. The van der Waals surface area contributed by atoms with E-state index in [0.29, 0.717) is 5.69 Å². The number of H-pyrrole nitrogens is 1. The summed E-state index contributed by atoms with van der Waals surface area (Å²) in [4.78, 5) is 29.4.